The standard InChI is InChI=1S/C13H15N3O2S/c1-16-13(14)12(8-15-16)9-2-4-10(5-3-9)19(17,18)11-6-7-11/h2-5,8,11H,6-7,14H2,1H3. The quantitative estimate of drug-likeness (QED) is 0.924. The second kappa shape index (κ2) is 4.09. The molecule has 5 nitrogen and oxygen atoms in total. The van der Waals surface area contributed by atoms with Crippen LogP contribution < -0.4 is 5.73 Å². The second-order valence-electron chi connectivity index (χ2n) is 4.84. The van der Waals surface area contributed by atoms with E-state index in [1.807, 2.05) is 0 Å². The van der Waals surface area contributed by atoms with Crippen LogP contribution in [0, 0.1) is 0 Å². The molecule has 6 heteroatoms. The zero-order valence-electron chi connectivity index (χ0n) is 10.6. The first-order valence-electron chi connectivity index (χ1n) is 6.12. The van der Waals surface area contributed by atoms with E-state index in [1.165, 1.54) is 0 Å². The molecule has 1 saturated carbocycles. The Kier molecular flexibility index (Phi) is 2.63. The van der Waals surface area contributed by atoms with E-state index in [0.29, 0.717) is 10.7 Å². The van der Waals surface area contributed by atoms with Crippen LogP contribution in [-0.4, -0.2) is 23.4 Å². The molecule has 0 radical (unpaired) electrons. The molecule has 19 heavy (non-hydrogen) atoms. The average Bonchev–Trinajstić information content (AvgIpc) is 3.19. The highest BCUT2D eigenvalue weighted by Gasteiger charge is 2.36. The number of rotatable bonds is 3. The molecule has 1 aromatic carbocycles. The van der Waals surface area contributed by atoms with Crippen LogP contribution in [0.5, 0.6) is 0 Å². The molecule has 3 rings (SSSR count). The number of nitrogen functional groups attached to an aromatic ring is 1. The van der Waals surface area contributed by atoms with Crippen LogP contribution in [0.25, 0.3) is 11.1 Å². The van der Waals surface area contributed by atoms with Crippen LogP contribution in [0.4, 0.5) is 5.82 Å². The van der Waals surface area contributed by atoms with Gasteiger partial charge in [-0.15, -0.1) is 0 Å². The van der Waals surface area contributed by atoms with Crippen LogP contribution in [-0.2, 0) is 16.9 Å². The molecule has 1 aromatic heterocycles. The topological polar surface area (TPSA) is 78.0 Å². The highest BCUT2D eigenvalue weighted by atomic mass is 32.2. The number of nitrogens with zero attached hydrogens (tertiary/aromatic N) is 2. The lowest BCUT2D eigenvalue weighted by molar-refractivity contribution is 0.595. The molecular weight excluding hydrogens is 262 g/mol. The molecule has 0 spiro atoms. The summed E-state index contributed by atoms with van der Waals surface area (Å²) in [6, 6.07) is 6.86. The summed E-state index contributed by atoms with van der Waals surface area (Å²) in [4.78, 5) is 0.390. The normalized spacial score (nSPS) is 15.6. The van der Waals surface area contributed by atoms with Crippen molar-refractivity contribution in [3.8, 4) is 11.1 Å². The number of hydrogen-bond acceptors (Lipinski definition) is 4. The van der Waals surface area contributed by atoms with Crippen molar-refractivity contribution in [1.29, 1.82) is 0 Å². The van der Waals surface area contributed by atoms with Crippen molar-refractivity contribution in [1.82, 2.24) is 9.78 Å². The largest absolute Gasteiger partial charge is 0.383 e. The fourth-order valence-corrected chi connectivity index (χ4v) is 3.72. The number of hydrogen-bond donors (Lipinski definition) is 1. The lowest BCUT2D eigenvalue weighted by Gasteiger charge is -2.04. The molecule has 0 bridgehead atoms. The van der Waals surface area contributed by atoms with Gasteiger partial charge >= 0.3 is 0 Å². The number of benzene rings is 1. The number of sulfone groups is 1. The lowest BCUT2D eigenvalue weighted by Crippen LogP contribution is -2.06. The fraction of sp³-hybridized carbons (Fsp3) is 0.308. The molecule has 100 valence electrons. The first-order chi connectivity index (χ1) is 9.00. The Morgan fingerprint density at radius 1 is 1.26 bits per heavy atom. The Morgan fingerprint density at radius 3 is 2.37 bits per heavy atom. The van der Waals surface area contributed by atoms with Gasteiger partial charge in [0.15, 0.2) is 9.84 Å². The summed E-state index contributed by atoms with van der Waals surface area (Å²) in [7, 11) is -1.35. The Morgan fingerprint density at radius 2 is 1.89 bits per heavy atom. The summed E-state index contributed by atoms with van der Waals surface area (Å²) in [5.41, 5.74) is 7.59. The van der Waals surface area contributed by atoms with Gasteiger partial charge in [0.1, 0.15) is 5.82 Å². The van der Waals surface area contributed by atoms with Crippen molar-refractivity contribution < 1.29 is 8.42 Å². The van der Waals surface area contributed by atoms with Crippen LogP contribution >= 0.6 is 0 Å². The van der Waals surface area contributed by atoms with E-state index in [-0.39, 0.29) is 5.25 Å². The van der Waals surface area contributed by atoms with Gasteiger partial charge in [-0.05, 0) is 30.5 Å². The number of aromatic nitrogens is 2. The minimum Gasteiger partial charge on any atom is -0.383 e. The van der Waals surface area contributed by atoms with Crippen molar-refractivity contribution >= 4 is 15.7 Å². The number of nitrogens with two attached hydrogens (primary N) is 1. The minimum absolute atomic E-state index is 0.179. The Labute approximate surface area is 112 Å². The monoisotopic (exact) mass is 277 g/mol. The molecule has 0 aliphatic heterocycles. The van der Waals surface area contributed by atoms with E-state index >= 15 is 0 Å². The summed E-state index contributed by atoms with van der Waals surface area (Å²) in [6.45, 7) is 0. The third-order valence-corrected chi connectivity index (χ3v) is 5.72. The highest BCUT2D eigenvalue weighted by molar-refractivity contribution is 7.92. The van der Waals surface area contributed by atoms with E-state index < -0.39 is 9.84 Å². The average molecular weight is 277 g/mol. The van der Waals surface area contributed by atoms with Gasteiger partial charge < -0.3 is 5.73 Å². The third-order valence-electron chi connectivity index (χ3n) is 3.44. The first-order valence-corrected chi connectivity index (χ1v) is 7.66. The molecule has 0 amide bonds. The molecule has 0 atom stereocenters. The van der Waals surface area contributed by atoms with Gasteiger partial charge in [-0.3, -0.25) is 4.68 Å². The van der Waals surface area contributed by atoms with E-state index in [9.17, 15) is 8.42 Å². The van der Waals surface area contributed by atoms with Crippen molar-refractivity contribution in [2.45, 2.75) is 23.0 Å². The zero-order valence-corrected chi connectivity index (χ0v) is 11.4. The predicted molar refractivity (Wildman–Crippen MR) is 73.3 cm³/mol. The van der Waals surface area contributed by atoms with Gasteiger partial charge in [-0.25, -0.2) is 8.42 Å². The van der Waals surface area contributed by atoms with E-state index in [4.69, 9.17) is 5.73 Å². The minimum atomic E-state index is -3.12. The van der Waals surface area contributed by atoms with Gasteiger partial charge in [-0.1, -0.05) is 12.1 Å². The van der Waals surface area contributed by atoms with Crippen LogP contribution in [0.15, 0.2) is 35.4 Å². The zero-order chi connectivity index (χ0) is 13.6. The predicted octanol–water partition coefficient (Wildman–Crippen LogP) is 1.61. The van der Waals surface area contributed by atoms with Crippen molar-refractivity contribution in [2.75, 3.05) is 5.73 Å². The summed E-state index contributed by atoms with van der Waals surface area (Å²) in [5.74, 6) is 0.567. The first kappa shape index (κ1) is 12.2. The Hall–Kier alpha value is -1.82. The number of anilines is 1. The molecule has 0 saturated heterocycles. The van der Waals surface area contributed by atoms with E-state index in [0.717, 1.165) is 24.0 Å². The third kappa shape index (κ3) is 2.02. The van der Waals surface area contributed by atoms with Crippen molar-refractivity contribution in [3.63, 3.8) is 0 Å². The van der Waals surface area contributed by atoms with Gasteiger partial charge in [0, 0.05) is 12.6 Å². The molecule has 1 heterocycles. The van der Waals surface area contributed by atoms with Gasteiger partial charge in [0.25, 0.3) is 0 Å². The van der Waals surface area contributed by atoms with Gasteiger partial charge in [-0.2, -0.15) is 5.10 Å². The summed E-state index contributed by atoms with van der Waals surface area (Å²) in [5, 5.41) is 3.90. The van der Waals surface area contributed by atoms with E-state index in [1.54, 1.807) is 42.2 Å². The SMILES string of the molecule is Cn1ncc(-c2ccc(S(=O)(=O)C3CC3)cc2)c1N. The second-order valence-corrected chi connectivity index (χ2v) is 7.06. The van der Waals surface area contributed by atoms with Crippen LogP contribution in [0.1, 0.15) is 12.8 Å². The maximum atomic E-state index is 12.1. The highest BCUT2D eigenvalue weighted by Crippen LogP contribution is 2.34. The van der Waals surface area contributed by atoms with E-state index in [2.05, 4.69) is 5.10 Å². The summed E-state index contributed by atoms with van der Waals surface area (Å²) < 4.78 is 25.7. The molecule has 1 aliphatic rings. The van der Waals surface area contributed by atoms with Crippen LogP contribution in [0.3, 0.4) is 0 Å². The maximum absolute atomic E-state index is 12.1. The smallest absolute Gasteiger partial charge is 0.181 e. The molecule has 1 fully saturated rings. The molecule has 1 aliphatic carbocycles. The number of aryl methyl sites for hydroxylation is 1. The van der Waals surface area contributed by atoms with Crippen molar-refractivity contribution in [2.24, 2.45) is 7.05 Å². The summed E-state index contributed by atoms with van der Waals surface area (Å²) >= 11 is 0. The molecule has 2 N–H and O–H groups in total. The van der Waals surface area contributed by atoms with Gasteiger partial charge in [0.05, 0.1) is 16.3 Å². The maximum Gasteiger partial charge on any atom is 0.181 e. The Balaban J connectivity index is 1.97. The lowest BCUT2D eigenvalue weighted by atomic mass is 10.1. The fourth-order valence-electron chi connectivity index (χ4n) is 2.06. The molecule has 0 unspecified atom stereocenters. The van der Waals surface area contributed by atoms with Crippen LogP contribution in [0.2, 0.25) is 0 Å². The molecule has 2 aromatic rings. The molecular formula is C13H15N3O2S. The van der Waals surface area contributed by atoms with Crippen molar-refractivity contribution in [3.05, 3.63) is 30.5 Å². The summed E-state index contributed by atoms with van der Waals surface area (Å²) in [6.07, 6.45) is 3.24. The van der Waals surface area contributed by atoms with Gasteiger partial charge in [0.2, 0.25) is 0 Å². The Bertz CT molecular complexity index is 713.